The number of pyridine rings is 6. The smallest absolute Gasteiger partial charge is 0.117 e. The molecule has 8 heteroatoms. The van der Waals surface area contributed by atoms with Crippen LogP contribution in [0, 0.1) is 0 Å². The van der Waals surface area contributed by atoms with Gasteiger partial charge in [-0.25, -0.2) is 19.9 Å². The zero-order valence-electron chi connectivity index (χ0n) is 26.4. The molecule has 0 spiro atoms. The molecule has 0 unspecified atom stereocenters. The third-order valence-corrected chi connectivity index (χ3v) is 9.03. The summed E-state index contributed by atoms with van der Waals surface area (Å²) in [4.78, 5) is 39.6. The lowest BCUT2D eigenvalue weighted by atomic mass is 9.97. The molecular formula is C42H24N8. The van der Waals surface area contributed by atoms with E-state index >= 15 is 0 Å². The second kappa shape index (κ2) is 11.3. The standard InChI is InChI=1S/C42H24N8/c1-3-19-43-33(9-1)41-42(34-10-2-4-20-44-34)50-36-24-30(32-18-16-28-14-12-26-8-6-22-46-38(26)40(28)48-32)29(23-35(36)49-41)31-17-15-27-13-11-25-7-5-21-45-37(25)39(27)47-31/h1-24H. The summed E-state index contributed by atoms with van der Waals surface area (Å²) in [5, 5.41) is 4.10. The van der Waals surface area contributed by atoms with Gasteiger partial charge in [0, 0.05) is 57.5 Å². The predicted octanol–water partition coefficient (Wildman–Crippen LogP) is 9.28. The van der Waals surface area contributed by atoms with Crippen molar-refractivity contribution in [3.63, 3.8) is 0 Å². The van der Waals surface area contributed by atoms with Crippen LogP contribution in [-0.2, 0) is 0 Å². The Morgan fingerprint density at radius 1 is 0.300 bits per heavy atom. The summed E-state index contributed by atoms with van der Waals surface area (Å²) in [5.74, 6) is 0. The first-order valence-corrected chi connectivity index (χ1v) is 16.3. The molecule has 0 saturated heterocycles. The SMILES string of the molecule is c1ccc(-c2nc3cc(-c4ccc5ccc6cccnc6c5n4)c(-c4ccc5ccc6cccnc6c5n4)cc3nc2-c2ccccn2)nc1. The minimum atomic E-state index is 0.651. The minimum absolute atomic E-state index is 0.651. The maximum Gasteiger partial charge on any atom is 0.117 e. The van der Waals surface area contributed by atoms with Crippen molar-refractivity contribution in [3.05, 3.63) is 146 Å². The zero-order chi connectivity index (χ0) is 33.0. The fraction of sp³-hybridized carbons (Fsp3) is 0. The van der Waals surface area contributed by atoms with Crippen LogP contribution in [0.2, 0.25) is 0 Å². The summed E-state index contributed by atoms with van der Waals surface area (Å²) in [6, 6.07) is 40.3. The van der Waals surface area contributed by atoms with Crippen LogP contribution in [-0.4, -0.2) is 39.9 Å². The Kier molecular flexibility index (Phi) is 6.32. The molecule has 10 rings (SSSR count). The van der Waals surface area contributed by atoms with Gasteiger partial charge in [0.2, 0.25) is 0 Å². The van der Waals surface area contributed by atoms with E-state index in [2.05, 4.69) is 82.8 Å². The van der Waals surface area contributed by atoms with Crippen molar-refractivity contribution in [2.24, 2.45) is 0 Å². The second-order valence-electron chi connectivity index (χ2n) is 12.1. The van der Waals surface area contributed by atoms with Gasteiger partial charge >= 0.3 is 0 Å². The summed E-state index contributed by atoms with van der Waals surface area (Å²) in [6.45, 7) is 0. The van der Waals surface area contributed by atoms with Crippen LogP contribution >= 0.6 is 0 Å². The van der Waals surface area contributed by atoms with Crippen LogP contribution < -0.4 is 0 Å². The Labute approximate surface area is 285 Å². The lowest BCUT2D eigenvalue weighted by Gasteiger charge is -2.15. The van der Waals surface area contributed by atoms with Gasteiger partial charge in [-0.05, 0) is 60.7 Å². The molecule has 0 aliphatic rings. The zero-order valence-corrected chi connectivity index (χ0v) is 26.4. The van der Waals surface area contributed by atoms with Gasteiger partial charge in [-0.2, -0.15) is 0 Å². The van der Waals surface area contributed by atoms with Crippen LogP contribution in [0.4, 0.5) is 0 Å². The molecule has 50 heavy (non-hydrogen) atoms. The van der Waals surface area contributed by atoms with E-state index in [0.717, 1.165) is 66.1 Å². The van der Waals surface area contributed by atoms with Crippen molar-refractivity contribution in [1.82, 2.24) is 39.9 Å². The van der Waals surface area contributed by atoms with E-state index in [9.17, 15) is 0 Å². The van der Waals surface area contributed by atoms with E-state index in [4.69, 9.17) is 29.9 Å². The highest BCUT2D eigenvalue weighted by Gasteiger charge is 2.20. The number of fused-ring (bicyclic) bond motifs is 7. The highest BCUT2D eigenvalue weighted by Crippen LogP contribution is 2.38. The highest BCUT2D eigenvalue weighted by atomic mass is 14.9. The van der Waals surface area contributed by atoms with Crippen molar-refractivity contribution in [1.29, 1.82) is 0 Å². The first kappa shape index (κ1) is 28.0. The Balaban J connectivity index is 1.28. The predicted molar refractivity (Wildman–Crippen MR) is 198 cm³/mol. The molecule has 0 aliphatic heterocycles. The summed E-state index contributed by atoms with van der Waals surface area (Å²) in [6.07, 6.45) is 7.14. The first-order chi connectivity index (χ1) is 24.8. The minimum Gasteiger partial charge on any atom is -0.255 e. The van der Waals surface area contributed by atoms with Gasteiger partial charge in [-0.3, -0.25) is 19.9 Å². The third-order valence-electron chi connectivity index (χ3n) is 9.03. The normalized spacial score (nSPS) is 11.6. The number of rotatable bonds is 4. The molecule has 0 atom stereocenters. The van der Waals surface area contributed by atoms with E-state index in [1.807, 2.05) is 60.9 Å². The number of nitrogens with zero attached hydrogens (tertiary/aromatic N) is 8. The number of benzene rings is 3. The van der Waals surface area contributed by atoms with Crippen molar-refractivity contribution >= 4 is 54.6 Å². The average Bonchev–Trinajstić information content (AvgIpc) is 3.20. The molecule has 0 radical (unpaired) electrons. The lowest BCUT2D eigenvalue weighted by molar-refractivity contribution is 1.21. The van der Waals surface area contributed by atoms with E-state index in [1.165, 1.54) is 0 Å². The molecule has 0 fully saturated rings. The molecule has 0 N–H and O–H groups in total. The number of hydrogen-bond acceptors (Lipinski definition) is 8. The van der Waals surface area contributed by atoms with Crippen LogP contribution in [0.3, 0.4) is 0 Å². The van der Waals surface area contributed by atoms with E-state index in [0.29, 0.717) is 33.8 Å². The summed E-state index contributed by atoms with van der Waals surface area (Å²) >= 11 is 0. The molecule has 3 aromatic carbocycles. The van der Waals surface area contributed by atoms with Gasteiger partial charge in [-0.15, -0.1) is 0 Å². The van der Waals surface area contributed by atoms with Gasteiger partial charge in [0.05, 0.1) is 55.9 Å². The van der Waals surface area contributed by atoms with Crippen LogP contribution in [0.1, 0.15) is 0 Å². The molecule has 0 bridgehead atoms. The maximum atomic E-state index is 5.25. The summed E-state index contributed by atoms with van der Waals surface area (Å²) in [5.41, 5.74) is 10.8. The quantitative estimate of drug-likeness (QED) is 0.175. The van der Waals surface area contributed by atoms with E-state index in [-0.39, 0.29) is 0 Å². The van der Waals surface area contributed by atoms with Gasteiger partial charge in [0.1, 0.15) is 11.4 Å². The fourth-order valence-corrected chi connectivity index (χ4v) is 6.64. The monoisotopic (exact) mass is 640 g/mol. The highest BCUT2D eigenvalue weighted by molar-refractivity contribution is 6.06. The van der Waals surface area contributed by atoms with E-state index in [1.54, 1.807) is 12.4 Å². The largest absolute Gasteiger partial charge is 0.255 e. The number of aromatic nitrogens is 8. The van der Waals surface area contributed by atoms with Gasteiger partial charge in [0.25, 0.3) is 0 Å². The average molecular weight is 641 g/mol. The molecule has 8 nitrogen and oxygen atoms in total. The van der Waals surface area contributed by atoms with Crippen LogP contribution in [0.15, 0.2) is 146 Å². The lowest BCUT2D eigenvalue weighted by Crippen LogP contribution is -2.00. The topological polar surface area (TPSA) is 103 Å². The summed E-state index contributed by atoms with van der Waals surface area (Å²) < 4.78 is 0. The molecular weight excluding hydrogens is 617 g/mol. The van der Waals surface area contributed by atoms with Gasteiger partial charge < -0.3 is 0 Å². The third kappa shape index (κ3) is 4.62. The fourth-order valence-electron chi connectivity index (χ4n) is 6.64. The Morgan fingerprint density at radius 2 is 0.720 bits per heavy atom. The Morgan fingerprint density at radius 3 is 1.16 bits per heavy atom. The molecule has 0 amide bonds. The molecule has 10 aromatic rings. The van der Waals surface area contributed by atoms with Crippen LogP contribution in [0.5, 0.6) is 0 Å². The number of hydrogen-bond donors (Lipinski definition) is 0. The molecule has 0 saturated carbocycles. The van der Waals surface area contributed by atoms with Gasteiger partial charge in [-0.1, -0.05) is 60.7 Å². The second-order valence-corrected chi connectivity index (χ2v) is 12.1. The van der Waals surface area contributed by atoms with Crippen molar-refractivity contribution in [2.75, 3.05) is 0 Å². The Bertz CT molecular complexity index is 2730. The Hall–Kier alpha value is -7.06. The molecule has 7 aromatic heterocycles. The molecule has 7 heterocycles. The maximum absolute atomic E-state index is 5.25. The van der Waals surface area contributed by atoms with Crippen molar-refractivity contribution in [3.8, 4) is 45.3 Å². The van der Waals surface area contributed by atoms with Crippen molar-refractivity contribution < 1.29 is 0 Å². The molecule has 232 valence electrons. The summed E-state index contributed by atoms with van der Waals surface area (Å²) in [7, 11) is 0. The molecule has 0 aliphatic carbocycles. The van der Waals surface area contributed by atoms with Crippen molar-refractivity contribution in [2.45, 2.75) is 0 Å². The van der Waals surface area contributed by atoms with Crippen LogP contribution in [0.25, 0.3) is 99.9 Å². The first-order valence-electron chi connectivity index (χ1n) is 16.3. The van der Waals surface area contributed by atoms with Gasteiger partial charge in [0.15, 0.2) is 0 Å². The van der Waals surface area contributed by atoms with E-state index < -0.39 is 0 Å².